The summed E-state index contributed by atoms with van der Waals surface area (Å²) in [6.45, 7) is 6.25. The fourth-order valence-corrected chi connectivity index (χ4v) is 5.20. The predicted molar refractivity (Wildman–Crippen MR) is 123 cm³/mol. The van der Waals surface area contributed by atoms with Crippen LogP contribution < -0.4 is 15.5 Å². The highest BCUT2D eigenvalue weighted by molar-refractivity contribution is 6.06. The molecule has 1 aromatic carbocycles. The Labute approximate surface area is 184 Å². The second-order valence-corrected chi connectivity index (χ2v) is 8.98. The molecule has 166 valence electrons. The van der Waals surface area contributed by atoms with Gasteiger partial charge >= 0.3 is 0 Å². The topological polar surface area (TPSA) is 77.0 Å². The minimum Gasteiger partial charge on any atom is -0.377 e. The number of allylic oxidation sites excluding steroid dienone is 2. The van der Waals surface area contributed by atoms with Gasteiger partial charge in [-0.3, -0.25) is 14.5 Å². The van der Waals surface area contributed by atoms with Crippen LogP contribution in [0.25, 0.3) is 0 Å². The standard InChI is InChI=1S/C24H33N5O2/c1-5-25-24(27-14-18-7-6-15(2)12-19(18)28(3)4)26-10-11-29-22(30)20-16-8-9-17(13-16)21(20)23(29)31/h6-9,12,16-17,20-21H,5,10-11,13-14H2,1-4H3,(H2,25,26,27). The number of benzene rings is 1. The van der Waals surface area contributed by atoms with E-state index in [2.05, 4.69) is 52.8 Å². The molecule has 2 aliphatic carbocycles. The fraction of sp³-hybridized carbons (Fsp3) is 0.542. The van der Waals surface area contributed by atoms with Crippen molar-refractivity contribution in [2.75, 3.05) is 38.6 Å². The summed E-state index contributed by atoms with van der Waals surface area (Å²) in [7, 11) is 4.07. The molecule has 0 spiro atoms. The third-order valence-electron chi connectivity index (χ3n) is 6.66. The lowest BCUT2D eigenvalue weighted by Crippen LogP contribution is -2.43. The molecule has 1 aliphatic heterocycles. The number of anilines is 1. The smallest absolute Gasteiger partial charge is 0.233 e. The molecule has 2 bridgehead atoms. The average Bonchev–Trinajstić information content (AvgIpc) is 3.42. The number of aryl methyl sites for hydroxylation is 1. The molecule has 4 atom stereocenters. The molecule has 0 aromatic heterocycles. The van der Waals surface area contributed by atoms with Crippen molar-refractivity contribution in [3.8, 4) is 0 Å². The maximum absolute atomic E-state index is 12.8. The van der Waals surface area contributed by atoms with E-state index in [0.717, 1.165) is 24.2 Å². The molecule has 1 aromatic rings. The van der Waals surface area contributed by atoms with E-state index in [9.17, 15) is 9.59 Å². The molecule has 2 amide bonds. The Morgan fingerprint density at radius 2 is 1.81 bits per heavy atom. The SMILES string of the molecule is CCNC(=NCc1ccc(C)cc1N(C)C)NCCN1C(=O)C2C3C=CC(C3)C2C1=O. The molecule has 1 heterocycles. The number of fused-ring (bicyclic) bond motifs is 5. The van der Waals surface area contributed by atoms with Crippen LogP contribution in [-0.4, -0.2) is 56.4 Å². The Morgan fingerprint density at radius 3 is 2.42 bits per heavy atom. The zero-order valence-electron chi connectivity index (χ0n) is 18.9. The minimum absolute atomic E-state index is 0.00543. The molecule has 7 nitrogen and oxygen atoms in total. The normalized spacial score (nSPS) is 26.6. The van der Waals surface area contributed by atoms with Crippen LogP contribution >= 0.6 is 0 Å². The second-order valence-electron chi connectivity index (χ2n) is 8.98. The molecule has 4 rings (SSSR count). The zero-order valence-corrected chi connectivity index (χ0v) is 18.9. The van der Waals surface area contributed by atoms with Gasteiger partial charge in [-0.1, -0.05) is 24.3 Å². The Bertz CT molecular complexity index is 893. The number of imide groups is 1. The lowest BCUT2D eigenvalue weighted by molar-refractivity contribution is -0.140. The van der Waals surface area contributed by atoms with Gasteiger partial charge in [-0.15, -0.1) is 0 Å². The summed E-state index contributed by atoms with van der Waals surface area (Å²) in [4.78, 5) is 33.9. The summed E-state index contributed by atoms with van der Waals surface area (Å²) in [5.74, 6) is 0.948. The first-order valence-electron chi connectivity index (χ1n) is 11.2. The maximum atomic E-state index is 12.8. The number of carbonyl (C=O) groups excluding carboxylic acids is 2. The molecule has 31 heavy (non-hydrogen) atoms. The third-order valence-corrected chi connectivity index (χ3v) is 6.66. The van der Waals surface area contributed by atoms with Crippen LogP contribution in [0.5, 0.6) is 0 Å². The van der Waals surface area contributed by atoms with Crippen molar-refractivity contribution >= 4 is 23.5 Å². The van der Waals surface area contributed by atoms with E-state index in [1.807, 2.05) is 21.0 Å². The van der Waals surface area contributed by atoms with Gasteiger partial charge in [-0.05, 0) is 49.3 Å². The van der Waals surface area contributed by atoms with E-state index < -0.39 is 0 Å². The summed E-state index contributed by atoms with van der Waals surface area (Å²) in [6, 6.07) is 6.37. The number of carbonyl (C=O) groups is 2. The third kappa shape index (κ3) is 4.05. The number of likely N-dealkylation sites (tertiary alicyclic amines) is 1. The fourth-order valence-electron chi connectivity index (χ4n) is 5.20. The highest BCUT2D eigenvalue weighted by Gasteiger charge is 2.58. The number of nitrogens with one attached hydrogen (secondary N) is 2. The van der Waals surface area contributed by atoms with E-state index in [1.54, 1.807) is 0 Å². The van der Waals surface area contributed by atoms with Crippen LogP contribution in [0.15, 0.2) is 35.3 Å². The van der Waals surface area contributed by atoms with E-state index in [0.29, 0.717) is 25.6 Å². The Morgan fingerprint density at radius 1 is 1.13 bits per heavy atom. The minimum atomic E-state index is -0.129. The van der Waals surface area contributed by atoms with Crippen molar-refractivity contribution in [2.24, 2.45) is 28.7 Å². The quantitative estimate of drug-likeness (QED) is 0.303. The maximum Gasteiger partial charge on any atom is 0.233 e. The van der Waals surface area contributed by atoms with Gasteiger partial charge < -0.3 is 15.5 Å². The molecule has 7 heteroatoms. The van der Waals surface area contributed by atoms with Gasteiger partial charge in [0, 0.05) is 39.4 Å². The molecule has 4 unspecified atom stereocenters. The van der Waals surface area contributed by atoms with Gasteiger partial charge in [0.1, 0.15) is 0 Å². The van der Waals surface area contributed by atoms with Crippen LogP contribution in [-0.2, 0) is 16.1 Å². The molecule has 0 radical (unpaired) electrons. The van der Waals surface area contributed by atoms with Crippen molar-refractivity contribution in [2.45, 2.75) is 26.8 Å². The highest BCUT2D eigenvalue weighted by Crippen LogP contribution is 2.52. The van der Waals surface area contributed by atoms with E-state index in [1.165, 1.54) is 10.5 Å². The Hall–Kier alpha value is -2.83. The zero-order chi connectivity index (χ0) is 22.1. The number of amides is 2. The van der Waals surface area contributed by atoms with Crippen LogP contribution in [0.2, 0.25) is 0 Å². The van der Waals surface area contributed by atoms with Gasteiger partial charge in [0.25, 0.3) is 0 Å². The Kier molecular flexibility index (Phi) is 6.03. The van der Waals surface area contributed by atoms with Crippen molar-refractivity contribution in [3.63, 3.8) is 0 Å². The molecule has 1 saturated carbocycles. The molecular formula is C24H33N5O2. The first kappa shape index (κ1) is 21.4. The highest BCUT2D eigenvalue weighted by atomic mass is 16.2. The summed E-state index contributed by atoms with van der Waals surface area (Å²) >= 11 is 0. The largest absolute Gasteiger partial charge is 0.377 e. The number of nitrogens with zero attached hydrogens (tertiary/aromatic N) is 3. The van der Waals surface area contributed by atoms with Crippen LogP contribution in [0, 0.1) is 30.6 Å². The van der Waals surface area contributed by atoms with Gasteiger partial charge in [-0.25, -0.2) is 4.99 Å². The lowest BCUT2D eigenvalue weighted by atomic mass is 9.85. The number of guanidine groups is 1. The monoisotopic (exact) mass is 423 g/mol. The second kappa shape index (κ2) is 8.73. The van der Waals surface area contributed by atoms with Crippen LogP contribution in [0.1, 0.15) is 24.5 Å². The Balaban J connectivity index is 1.36. The van der Waals surface area contributed by atoms with Gasteiger partial charge in [0.05, 0.1) is 18.4 Å². The summed E-state index contributed by atoms with van der Waals surface area (Å²) in [5, 5.41) is 6.54. The van der Waals surface area contributed by atoms with Crippen molar-refractivity contribution in [3.05, 3.63) is 41.5 Å². The predicted octanol–water partition coefficient (Wildman–Crippen LogP) is 1.92. The number of hydrogen-bond acceptors (Lipinski definition) is 4. The molecule has 1 saturated heterocycles. The van der Waals surface area contributed by atoms with Gasteiger partial charge in [0.15, 0.2) is 5.96 Å². The first-order valence-corrected chi connectivity index (χ1v) is 11.2. The molecule has 3 aliphatic rings. The summed E-state index contributed by atoms with van der Waals surface area (Å²) in [6.07, 6.45) is 5.22. The first-order chi connectivity index (χ1) is 14.9. The number of aliphatic imine (C=N–C) groups is 1. The van der Waals surface area contributed by atoms with Crippen molar-refractivity contribution in [1.82, 2.24) is 15.5 Å². The molecular weight excluding hydrogens is 390 g/mol. The van der Waals surface area contributed by atoms with Crippen LogP contribution in [0.4, 0.5) is 5.69 Å². The molecule has 2 fully saturated rings. The van der Waals surface area contributed by atoms with Crippen molar-refractivity contribution < 1.29 is 9.59 Å². The molecule has 2 N–H and O–H groups in total. The van der Waals surface area contributed by atoms with Gasteiger partial charge in [0.2, 0.25) is 11.8 Å². The summed E-state index contributed by atoms with van der Waals surface area (Å²) in [5.41, 5.74) is 3.52. The number of hydrogen-bond donors (Lipinski definition) is 2. The van der Waals surface area contributed by atoms with E-state index in [-0.39, 0.29) is 35.5 Å². The number of rotatable bonds is 7. The van der Waals surface area contributed by atoms with E-state index in [4.69, 9.17) is 4.99 Å². The van der Waals surface area contributed by atoms with Gasteiger partial charge in [-0.2, -0.15) is 0 Å². The lowest BCUT2D eigenvalue weighted by Gasteiger charge is -2.19. The van der Waals surface area contributed by atoms with Crippen molar-refractivity contribution in [1.29, 1.82) is 0 Å². The average molecular weight is 424 g/mol. The summed E-state index contributed by atoms with van der Waals surface area (Å²) < 4.78 is 0. The van der Waals surface area contributed by atoms with E-state index >= 15 is 0 Å². The van der Waals surface area contributed by atoms with Crippen LogP contribution in [0.3, 0.4) is 0 Å².